The van der Waals surface area contributed by atoms with Crippen LogP contribution in [0.1, 0.15) is 17.6 Å². The van der Waals surface area contributed by atoms with Crippen LogP contribution in [0.2, 0.25) is 0 Å². The topological polar surface area (TPSA) is 25.2 Å². The highest BCUT2D eigenvalue weighted by Gasteiger charge is 2.63. The maximum absolute atomic E-state index is 13.0. The summed E-state index contributed by atoms with van der Waals surface area (Å²) in [5.74, 6) is -5.05. The third-order valence-corrected chi connectivity index (χ3v) is 2.07. The normalized spacial score (nSPS) is 15.2. The molecular weight excluding hydrogens is 233 g/mol. The molecule has 0 radical (unpaired) electrons. The summed E-state index contributed by atoms with van der Waals surface area (Å²) in [6.07, 6.45) is -5.62. The lowest BCUT2D eigenvalue weighted by molar-refractivity contribution is -0.295. The molecule has 0 bridgehead atoms. The predicted molar refractivity (Wildman–Crippen MR) is 46.2 cm³/mol. The first-order valence-corrected chi connectivity index (χ1v) is 4.38. The average Bonchev–Trinajstić information content (AvgIpc) is 2.50. The largest absolute Gasteiger partial charge is 0.464 e. The van der Waals surface area contributed by atoms with Gasteiger partial charge >= 0.3 is 12.1 Å². The van der Waals surface area contributed by atoms with Crippen molar-refractivity contribution in [3.05, 3.63) is 23.7 Å². The number of nitrogens with one attached hydrogen (secondary N) is 1. The van der Waals surface area contributed by atoms with Crippen molar-refractivity contribution in [2.75, 3.05) is 7.05 Å². The molecule has 92 valence electrons. The molecule has 1 unspecified atom stereocenters. The van der Waals surface area contributed by atoms with Crippen LogP contribution < -0.4 is 5.32 Å². The minimum atomic E-state index is -5.62. The molecule has 1 N–H and O–H groups in total. The van der Waals surface area contributed by atoms with E-state index in [9.17, 15) is 22.0 Å². The van der Waals surface area contributed by atoms with Gasteiger partial charge in [-0.1, -0.05) is 0 Å². The van der Waals surface area contributed by atoms with Gasteiger partial charge in [-0.2, -0.15) is 22.0 Å². The smallest absolute Gasteiger partial charge is 0.455 e. The SMILES string of the molecule is CNC(c1ccc(C)o1)C(F)(F)C(F)(F)F. The zero-order chi connectivity index (χ0) is 12.6. The Labute approximate surface area is 88.4 Å². The van der Waals surface area contributed by atoms with Gasteiger partial charge in [-0.25, -0.2) is 0 Å². The quantitative estimate of drug-likeness (QED) is 0.825. The van der Waals surface area contributed by atoms with Crippen molar-refractivity contribution in [2.24, 2.45) is 0 Å². The van der Waals surface area contributed by atoms with Crippen molar-refractivity contribution >= 4 is 0 Å². The highest BCUT2D eigenvalue weighted by Crippen LogP contribution is 2.44. The minimum Gasteiger partial charge on any atom is -0.464 e. The molecule has 1 aromatic rings. The van der Waals surface area contributed by atoms with Crippen LogP contribution in [0.15, 0.2) is 16.5 Å². The maximum Gasteiger partial charge on any atom is 0.455 e. The summed E-state index contributed by atoms with van der Waals surface area (Å²) in [4.78, 5) is 0. The predicted octanol–water partition coefficient (Wildman–Crippen LogP) is 3.05. The van der Waals surface area contributed by atoms with E-state index in [1.54, 1.807) is 0 Å². The van der Waals surface area contributed by atoms with Crippen LogP contribution in [0.25, 0.3) is 0 Å². The van der Waals surface area contributed by atoms with Gasteiger partial charge in [0.15, 0.2) is 0 Å². The molecule has 2 nitrogen and oxygen atoms in total. The molecule has 0 saturated carbocycles. The van der Waals surface area contributed by atoms with E-state index in [1.165, 1.54) is 13.0 Å². The van der Waals surface area contributed by atoms with E-state index in [0.717, 1.165) is 13.1 Å². The molecule has 1 atom stereocenters. The Morgan fingerprint density at radius 2 is 1.75 bits per heavy atom. The minimum absolute atomic E-state index is 0.272. The third-order valence-electron chi connectivity index (χ3n) is 2.07. The Morgan fingerprint density at radius 1 is 1.19 bits per heavy atom. The van der Waals surface area contributed by atoms with Gasteiger partial charge < -0.3 is 9.73 Å². The van der Waals surface area contributed by atoms with Gasteiger partial charge in [0.2, 0.25) is 0 Å². The van der Waals surface area contributed by atoms with Crippen molar-refractivity contribution in [2.45, 2.75) is 25.1 Å². The number of halogens is 5. The van der Waals surface area contributed by atoms with Crippen LogP contribution in [0, 0.1) is 6.92 Å². The van der Waals surface area contributed by atoms with Gasteiger partial charge in [-0.3, -0.25) is 0 Å². The first-order valence-electron chi connectivity index (χ1n) is 4.38. The molecule has 0 aromatic carbocycles. The van der Waals surface area contributed by atoms with Crippen molar-refractivity contribution < 1.29 is 26.4 Å². The molecule has 0 saturated heterocycles. The fourth-order valence-electron chi connectivity index (χ4n) is 1.27. The Kier molecular flexibility index (Phi) is 3.27. The molecule has 0 aliphatic rings. The van der Waals surface area contributed by atoms with E-state index >= 15 is 0 Å². The molecular formula is C9H10F5NO. The van der Waals surface area contributed by atoms with Crippen LogP contribution in [0.4, 0.5) is 22.0 Å². The zero-order valence-electron chi connectivity index (χ0n) is 8.53. The third kappa shape index (κ3) is 2.18. The number of aryl methyl sites for hydroxylation is 1. The van der Waals surface area contributed by atoms with Crippen molar-refractivity contribution in [3.63, 3.8) is 0 Å². The van der Waals surface area contributed by atoms with Crippen LogP contribution in [0.5, 0.6) is 0 Å². The van der Waals surface area contributed by atoms with Crippen LogP contribution >= 0.6 is 0 Å². The van der Waals surface area contributed by atoms with Gasteiger partial charge in [-0.05, 0) is 26.1 Å². The molecule has 1 aromatic heterocycles. The average molecular weight is 243 g/mol. The summed E-state index contributed by atoms with van der Waals surface area (Å²) in [6.45, 7) is 1.46. The molecule has 1 heterocycles. The monoisotopic (exact) mass is 243 g/mol. The second-order valence-electron chi connectivity index (χ2n) is 3.29. The van der Waals surface area contributed by atoms with Crippen molar-refractivity contribution in [1.82, 2.24) is 5.32 Å². The Morgan fingerprint density at radius 3 is 2.06 bits per heavy atom. The van der Waals surface area contributed by atoms with Gasteiger partial charge in [0.05, 0.1) is 0 Å². The number of furan rings is 1. The second kappa shape index (κ2) is 4.04. The van der Waals surface area contributed by atoms with Gasteiger partial charge in [0, 0.05) is 0 Å². The molecule has 1 rings (SSSR count). The Bertz CT molecular complexity index is 357. The molecule has 16 heavy (non-hydrogen) atoms. The number of alkyl halides is 5. The molecule has 0 aliphatic carbocycles. The lowest BCUT2D eigenvalue weighted by Gasteiger charge is -2.26. The highest BCUT2D eigenvalue weighted by atomic mass is 19.4. The van der Waals surface area contributed by atoms with E-state index in [0.29, 0.717) is 0 Å². The molecule has 0 spiro atoms. The van der Waals surface area contributed by atoms with Crippen LogP contribution in [-0.4, -0.2) is 19.1 Å². The summed E-state index contributed by atoms with van der Waals surface area (Å²) >= 11 is 0. The van der Waals surface area contributed by atoms with Crippen molar-refractivity contribution in [1.29, 1.82) is 0 Å². The lowest BCUT2D eigenvalue weighted by Crippen LogP contribution is -2.46. The van der Waals surface area contributed by atoms with Gasteiger partial charge in [0.1, 0.15) is 17.6 Å². The summed E-state index contributed by atoms with van der Waals surface area (Å²) in [5.41, 5.74) is 0. The van der Waals surface area contributed by atoms with Gasteiger partial charge in [-0.15, -0.1) is 0 Å². The van der Waals surface area contributed by atoms with E-state index in [2.05, 4.69) is 0 Å². The van der Waals surface area contributed by atoms with Crippen LogP contribution in [0.3, 0.4) is 0 Å². The highest BCUT2D eigenvalue weighted by molar-refractivity contribution is 5.13. The fourth-order valence-corrected chi connectivity index (χ4v) is 1.27. The maximum atomic E-state index is 13.0. The Hall–Kier alpha value is -1.11. The molecule has 0 amide bonds. The molecule has 0 fully saturated rings. The number of hydrogen-bond acceptors (Lipinski definition) is 2. The van der Waals surface area contributed by atoms with E-state index in [1.807, 2.05) is 5.32 Å². The summed E-state index contributed by atoms with van der Waals surface area (Å²) in [7, 11) is 1.02. The first kappa shape index (κ1) is 13.0. The molecule has 7 heteroatoms. The summed E-state index contributed by atoms with van der Waals surface area (Å²) in [5, 5.41) is 1.91. The van der Waals surface area contributed by atoms with Crippen LogP contribution in [-0.2, 0) is 0 Å². The van der Waals surface area contributed by atoms with Crippen molar-refractivity contribution in [3.8, 4) is 0 Å². The standard InChI is InChI=1S/C9H10F5NO/c1-5-3-4-6(16-5)7(15-2)8(10,11)9(12,13)14/h3-4,7,15H,1-2H3. The van der Waals surface area contributed by atoms with E-state index in [4.69, 9.17) is 4.42 Å². The first-order chi connectivity index (χ1) is 7.20. The fraction of sp³-hybridized carbons (Fsp3) is 0.556. The van der Waals surface area contributed by atoms with E-state index < -0.39 is 23.9 Å². The number of rotatable bonds is 3. The Balaban J connectivity index is 3.08. The second-order valence-corrected chi connectivity index (χ2v) is 3.29. The molecule has 0 aliphatic heterocycles. The number of hydrogen-bond donors (Lipinski definition) is 1. The summed E-state index contributed by atoms with van der Waals surface area (Å²) in [6, 6.07) is 0.198. The lowest BCUT2D eigenvalue weighted by atomic mass is 10.1. The van der Waals surface area contributed by atoms with E-state index in [-0.39, 0.29) is 5.76 Å². The van der Waals surface area contributed by atoms with Gasteiger partial charge in [0.25, 0.3) is 0 Å². The zero-order valence-corrected chi connectivity index (χ0v) is 8.53. The summed E-state index contributed by atoms with van der Waals surface area (Å²) < 4.78 is 67.3.